The molecule has 144 valence electrons. The molecule has 0 radical (unpaired) electrons. The van der Waals surface area contributed by atoms with Crippen LogP contribution in [0.4, 0.5) is 5.82 Å². The number of carbonyl (C=O) groups excluding carboxylic acids is 1. The number of carbonyl (C=O) groups is 1. The second-order valence-corrected chi connectivity index (χ2v) is 7.59. The van der Waals surface area contributed by atoms with Crippen LogP contribution in [0.2, 0.25) is 5.02 Å². The first-order valence-electron chi connectivity index (χ1n) is 8.96. The summed E-state index contributed by atoms with van der Waals surface area (Å²) < 4.78 is 4.88. The Morgan fingerprint density at radius 3 is 2.68 bits per heavy atom. The van der Waals surface area contributed by atoms with Crippen LogP contribution in [0.5, 0.6) is 0 Å². The van der Waals surface area contributed by atoms with Gasteiger partial charge in [0, 0.05) is 43.6 Å². The minimum absolute atomic E-state index is 0.0746. The highest BCUT2D eigenvalue weighted by atomic mass is 35.5. The van der Waals surface area contributed by atoms with Crippen molar-refractivity contribution in [1.82, 2.24) is 20.0 Å². The van der Waals surface area contributed by atoms with E-state index in [0.29, 0.717) is 31.1 Å². The molecule has 0 bridgehead atoms. The van der Waals surface area contributed by atoms with Gasteiger partial charge in [-0.05, 0) is 24.1 Å². The Bertz CT molecular complexity index is 925. The van der Waals surface area contributed by atoms with Crippen molar-refractivity contribution in [2.45, 2.75) is 13.0 Å². The number of hydrogen-bond donors (Lipinski definition) is 0. The van der Waals surface area contributed by atoms with Gasteiger partial charge in [0.25, 0.3) is 0 Å². The average molecular weight is 398 g/mol. The van der Waals surface area contributed by atoms with Crippen LogP contribution in [0.25, 0.3) is 0 Å². The first-order chi connectivity index (χ1) is 13.6. The highest BCUT2D eigenvalue weighted by Gasteiger charge is 2.51. The minimum atomic E-state index is -0.538. The van der Waals surface area contributed by atoms with Crippen molar-refractivity contribution in [2.24, 2.45) is 5.41 Å². The summed E-state index contributed by atoms with van der Waals surface area (Å²) in [6, 6.07) is 9.42. The maximum absolute atomic E-state index is 13.4. The molecule has 0 unspecified atom stereocenters. The van der Waals surface area contributed by atoms with Crippen LogP contribution < -0.4 is 4.90 Å². The predicted molar refractivity (Wildman–Crippen MR) is 105 cm³/mol. The van der Waals surface area contributed by atoms with E-state index in [0.717, 1.165) is 17.1 Å². The van der Waals surface area contributed by atoms with E-state index in [1.165, 1.54) is 6.26 Å². The van der Waals surface area contributed by atoms with Gasteiger partial charge < -0.3 is 14.3 Å². The number of halogens is 1. The summed E-state index contributed by atoms with van der Waals surface area (Å²) >= 11 is 6.01. The van der Waals surface area contributed by atoms with Crippen molar-refractivity contribution in [3.63, 3.8) is 0 Å². The Labute approximate surface area is 167 Å². The van der Waals surface area contributed by atoms with Crippen LogP contribution in [0.3, 0.4) is 0 Å². The molecule has 1 aliphatic heterocycles. The van der Waals surface area contributed by atoms with Crippen LogP contribution >= 0.6 is 11.6 Å². The van der Waals surface area contributed by atoms with Gasteiger partial charge in [-0.1, -0.05) is 28.9 Å². The number of amides is 1. The Balaban J connectivity index is 1.55. The van der Waals surface area contributed by atoms with E-state index < -0.39 is 5.41 Å². The third-order valence-electron chi connectivity index (χ3n) is 5.01. The van der Waals surface area contributed by atoms with Gasteiger partial charge in [0.2, 0.25) is 5.91 Å². The molecular weight excluding hydrogens is 378 g/mol. The Morgan fingerprint density at radius 1 is 1.25 bits per heavy atom. The third-order valence-corrected chi connectivity index (χ3v) is 5.26. The molecule has 1 saturated heterocycles. The molecule has 3 aromatic rings. The number of rotatable bonds is 6. The van der Waals surface area contributed by atoms with Crippen molar-refractivity contribution < 1.29 is 9.32 Å². The van der Waals surface area contributed by atoms with Gasteiger partial charge in [0.1, 0.15) is 17.8 Å². The van der Waals surface area contributed by atoms with E-state index in [-0.39, 0.29) is 5.91 Å². The summed E-state index contributed by atoms with van der Waals surface area (Å²) in [7, 11) is 1.80. The number of aromatic nitrogens is 3. The van der Waals surface area contributed by atoms with Crippen molar-refractivity contribution in [2.75, 3.05) is 25.0 Å². The highest BCUT2D eigenvalue weighted by molar-refractivity contribution is 6.30. The van der Waals surface area contributed by atoms with Crippen LogP contribution in [-0.2, 0) is 17.8 Å². The lowest BCUT2D eigenvalue weighted by Crippen LogP contribution is -2.64. The zero-order valence-corrected chi connectivity index (χ0v) is 16.2. The summed E-state index contributed by atoms with van der Waals surface area (Å²) in [6.45, 7) is 1.56. The lowest BCUT2D eigenvalue weighted by Gasteiger charge is -2.50. The van der Waals surface area contributed by atoms with Gasteiger partial charge in [-0.2, -0.15) is 0 Å². The summed E-state index contributed by atoms with van der Waals surface area (Å²) in [5, 5.41) is 4.59. The van der Waals surface area contributed by atoms with Crippen molar-refractivity contribution >= 4 is 23.3 Å². The summed E-state index contributed by atoms with van der Waals surface area (Å²) in [5.41, 5.74) is 1.26. The Morgan fingerprint density at radius 2 is 2.04 bits per heavy atom. The first kappa shape index (κ1) is 18.4. The van der Waals surface area contributed by atoms with Crippen LogP contribution in [0.1, 0.15) is 11.3 Å². The smallest absolute Gasteiger partial charge is 0.232 e. The fourth-order valence-electron chi connectivity index (χ4n) is 3.66. The fraction of sp³-hybridized carbons (Fsp3) is 0.300. The van der Waals surface area contributed by atoms with Crippen LogP contribution in [0.15, 0.2) is 59.7 Å². The predicted octanol–water partition coefficient (Wildman–Crippen LogP) is 2.83. The monoisotopic (exact) mass is 397 g/mol. The summed E-state index contributed by atoms with van der Waals surface area (Å²) in [6.07, 6.45) is 7.16. The molecule has 0 saturated carbocycles. The van der Waals surface area contributed by atoms with Crippen molar-refractivity contribution in [1.29, 1.82) is 0 Å². The first-order valence-corrected chi connectivity index (χ1v) is 9.34. The number of hydrogen-bond acceptors (Lipinski definition) is 6. The minimum Gasteiger partial charge on any atom is -0.364 e. The van der Waals surface area contributed by atoms with Gasteiger partial charge >= 0.3 is 0 Å². The van der Waals surface area contributed by atoms with Crippen molar-refractivity contribution in [3.05, 3.63) is 71.5 Å². The molecule has 0 N–H and O–H groups in total. The Hall–Kier alpha value is -2.93. The van der Waals surface area contributed by atoms with E-state index in [1.807, 2.05) is 24.3 Å². The SMILES string of the molecule is CN(Cc1ccon1)C(=O)C1(Cc2ccc(Cl)cc2)CN(c2cnccn2)C1. The summed E-state index contributed by atoms with van der Waals surface area (Å²) in [5.74, 6) is 0.853. The molecule has 7 nitrogen and oxygen atoms in total. The molecule has 8 heteroatoms. The molecule has 1 amide bonds. The van der Waals surface area contributed by atoms with E-state index in [9.17, 15) is 4.79 Å². The molecular formula is C20H20ClN5O2. The van der Waals surface area contributed by atoms with Gasteiger partial charge in [-0.15, -0.1) is 0 Å². The topological polar surface area (TPSA) is 75.4 Å². The zero-order valence-electron chi connectivity index (χ0n) is 15.5. The number of anilines is 1. The molecule has 0 aliphatic carbocycles. The summed E-state index contributed by atoms with van der Waals surface area (Å²) in [4.78, 5) is 25.7. The normalized spacial score (nSPS) is 15.1. The van der Waals surface area contributed by atoms with Gasteiger partial charge in [0.05, 0.1) is 18.2 Å². The third kappa shape index (κ3) is 3.71. The van der Waals surface area contributed by atoms with Crippen LogP contribution in [0, 0.1) is 5.41 Å². The zero-order chi connectivity index (χ0) is 19.6. The molecule has 3 heterocycles. The molecule has 1 aromatic carbocycles. The van der Waals surface area contributed by atoms with Crippen molar-refractivity contribution in [3.8, 4) is 0 Å². The second-order valence-electron chi connectivity index (χ2n) is 7.16. The quantitative estimate of drug-likeness (QED) is 0.636. The van der Waals surface area contributed by atoms with Gasteiger partial charge in [0.15, 0.2) is 0 Å². The molecule has 2 aromatic heterocycles. The van der Waals surface area contributed by atoms with Crippen LogP contribution in [-0.4, -0.2) is 46.1 Å². The van der Waals surface area contributed by atoms with E-state index in [4.69, 9.17) is 16.1 Å². The molecule has 0 spiro atoms. The largest absolute Gasteiger partial charge is 0.364 e. The van der Waals surface area contributed by atoms with E-state index >= 15 is 0 Å². The molecule has 1 aliphatic rings. The highest BCUT2D eigenvalue weighted by Crippen LogP contribution is 2.38. The number of nitrogens with zero attached hydrogens (tertiary/aromatic N) is 5. The molecule has 1 fully saturated rings. The molecule has 4 rings (SSSR count). The lowest BCUT2D eigenvalue weighted by molar-refractivity contribution is -0.143. The van der Waals surface area contributed by atoms with Gasteiger partial charge in [-0.25, -0.2) is 4.98 Å². The lowest BCUT2D eigenvalue weighted by atomic mass is 9.73. The number of benzene rings is 1. The standard InChI is InChI=1S/C20H20ClN5O2/c1-25(12-17-6-9-28-24-17)19(27)20(10-15-2-4-16(21)5-3-15)13-26(14-20)18-11-22-7-8-23-18/h2-9,11H,10,12-14H2,1H3. The molecule has 0 atom stereocenters. The maximum atomic E-state index is 13.4. The Kier molecular flexibility index (Phi) is 5.00. The molecule has 28 heavy (non-hydrogen) atoms. The fourth-order valence-corrected chi connectivity index (χ4v) is 3.78. The average Bonchev–Trinajstić information content (AvgIpc) is 3.19. The maximum Gasteiger partial charge on any atom is 0.232 e. The van der Waals surface area contributed by atoms with Gasteiger partial charge in [-0.3, -0.25) is 9.78 Å². The van der Waals surface area contributed by atoms with E-state index in [1.54, 1.807) is 36.6 Å². The van der Waals surface area contributed by atoms with E-state index in [2.05, 4.69) is 20.0 Å². The second kappa shape index (κ2) is 7.59.